The standard InChI is InChI=1S/C24H38O5/c1-12-4-18-21(27-18)7-15(12)10-25-24(17-9-23-20(29-23)6-14(17)3)26-11-16-8-22-19(28-22)5-13(16)2/h12-24H,4-11H2,1-3H3. The predicted octanol–water partition coefficient (Wildman–Crippen LogP) is 3.79. The Morgan fingerprint density at radius 2 is 1.00 bits per heavy atom. The quantitative estimate of drug-likeness (QED) is 0.476. The van der Waals surface area contributed by atoms with Gasteiger partial charge in [0.05, 0.1) is 49.8 Å². The second kappa shape index (κ2) is 7.44. The van der Waals surface area contributed by atoms with Crippen molar-refractivity contribution in [2.24, 2.45) is 35.5 Å². The molecule has 0 aromatic rings. The van der Waals surface area contributed by atoms with Crippen molar-refractivity contribution in [3.8, 4) is 0 Å². The average Bonchev–Trinajstić information content (AvgIpc) is 3.55. The van der Waals surface area contributed by atoms with Crippen molar-refractivity contribution < 1.29 is 23.7 Å². The van der Waals surface area contributed by atoms with Gasteiger partial charge < -0.3 is 23.7 Å². The third kappa shape index (κ3) is 4.03. The van der Waals surface area contributed by atoms with E-state index in [1.54, 1.807) is 0 Å². The smallest absolute Gasteiger partial charge is 0.160 e. The van der Waals surface area contributed by atoms with Gasteiger partial charge in [0.2, 0.25) is 0 Å². The van der Waals surface area contributed by atoms with Gasteiger partial charge in [-0.25, -0.2) is 0 Å². The first-order valence-electron chi connectivity index (χ1n) is 12.2. The summed E-state index contributed by atoms with van der Waals surface area (Å²) >= 11 is 0. The summed E-state index contributed by atoms with van der Waals surface area (Å²) in [5, 5.41) is 0. The van der Waals surface area contributed by atoms with Crippen LogP contribution in [0.2, 0.25) is 0 Å². The normalized spacial score (nSPS) is 56.0. The second-order valence-electron chi connectivity index (χ2n) is 11.2. The van der Waals surface area contributed by atoms with E-state index >= 15 is 0 Å². The Bertz CT molecular complexity index is 576. The van der Waals surface area contributed by atoms with Gasteiger partial charge in [0.25, 0.3) is 0 Å². The molecule has 12 atom stereocenters. The fraction of sp³-hybridized carbons (Fsp3) is 1.00. The lowest BCUT2D eigenvalue weighted by molar-refractivity contribution is -0.202. The van der Waals surface area contributed by atoms with E-state index in [4.69, 9.17) is 23.7 Å². The van der Waals surface area contributed by atoms with Gasteiger partial charge in [0.15, 0.2) is 6.29 Å². The zero-order valence-electron chi connectivity index (χ0n) is 18.2. The number of rotatable bonds is 7. The van der Waals surface area contributed by atoms with Crippen LogP contribution in [-0.2, 0) is 23.7 Å². The van der Waals surface area contributed by atoms with Crippen molar-refractivity contribution in [3.63, 3.8) is 0 Å². The van der Waals surface area contributed by atoms with Gasteiger partial charge in [0.1, 0.15) is 0 Å². The maximum Gasteiger partial charge on any atom is 0.160 e. The number of hydrogen-bond acceptors (Lipinski definition) is 5. The minimum Gasteiger partial charge on any atom is -0.370 e. The Morgan fingerprint density at radius 1 is 0.586 bits per heavy atom. The van der Waals surface area contributed by atoms with Gasteiger partial charge in [-0.1, -0.05) is 20.8 Å². The molecular formula is C24H38O5. The molecule has 12 unspecified atom stereocenters. The third-order valence-electron chi connectivity index (χ3n) is 9.09. The first kappa shape index (κ1) is 19.5. The number of ether oxygens (including phenoxy) is 5. The van der Waals surface area contributed by atoms with E-state index in [-0.39, 0.29) is 6.29 Å². The highest BCUT2D eigenvalue weighted by Gasteiger charge is 2.51. The second-order valence-corrected chi connectivity index (χ2v) is 11.2. The average molecular weight is 407 g/mol. The maximum absolute atomic E-state index is 6.59. The van der Waals surface area contributed by atoms with Crippen LogP contribution in [0, 0.1) is 35.5 Å². The maximum atomic E-state index is 6.59. The molecular weight excluding hydrogens is 368 g/mol. The van der Waals surface area contributed by atoms with Crippen molar-refractivity contribution in [3.05, 3.63) is 0 Å². The van der Waals surface area contributed by atoms with Gasteiger partial charge in [-0.05, 0) is 68.1 Å². The summed E-state index contributed by atoms with van der Waals surface area (Å²) in [5.74, 6) is 3.61. The Morgan fingerprint density at radius 3 is 1.52 bits per heavy atom. The Kier molecular flexibility index (Phi) is 5.00. The van der Waals surface area contributed by atoms with E-state index in [0.29, 0.717) is 72.1 Å². The van der Waals surface area contributed by atoms with Crippen LogP contribution in [0.3, 0.4) is 0 Å². The summed E-state index contributed by atoms with van der Waals surface area (Å²) in [5.41, 5.74) is 0. The van der Waals surface area contributed by atoms with E-state index < -0.39 is 0 Å². The van der Waals surface area contributed by atoms with Crippen molar-refractivity contribution in [1.29, 1.82) is 0 Å². The lowest BCUT2D eigenvalue weighted by atomic mass is 9.79. The molecule has 0 aromatic heterocycles. The molecule has 0 N–H and O–H groups in total. The highest BCUT2D eigenvalue weighted by Crippen LogP contribution is 2.47. The molecule has 6 rings (SSSR count). The summed E-state index contributed by atoms with van der Waals surface area (Å²) in [6.45, 7) is 8.71. The van der Waals surface area contributed by atoms with Gasteiger partial charge in [-0.15, -0.1) is 0 Å². The van der Waals surface area contributed by atoms with Crippen molar-refractivity contribution in [1.82, 2.24) is 0 Å². The molecule has 3 saturated heterocycles. The summed E-state index contributed by atoms with van der Waals surface area (Å²) in [7, 11) is 0. The first-order chi connectivity index (χ1) is 14.0. The van der Waals surface area contributed by atoms with E-state index in [0.717, 1.165) is 38.9 Å². The zero-order valence-corrected chi connectivity index (χ0v) is 18.2. The topological polar surface area (TPSA) is 56.0 Å². The SMILES string of the molecule is CC1CC2OC2CC1COC(OCC1CC2OC2CC1C)C1CC2OC2CC1C. The molecule has 0 aromatic carbocycles. The van der Waals surface area contributed by atoms with Gasteiger partial charge in [0, 0.05) is 5.92 Å². The minimum absolute atomic E-state index is 0.0924. The molecule has 0 amide bonds. The minimum atomic E-state index is -0.0924. The van der Waals surface area contributed by atoms with E-state index in [9.17, 15) is 0 Å². The van der Waals surface area contributed by atoms with Crippen LogP contribution < -0.4 is 0 Å². The van der Waals surface area contributed by atoms with Crippen molar-refractivity contribution in [2.45, 2.75) is 102 Å². The highest BCUT2D eigenvalue weighted by molar-refractivity contribution is 4.98. The van der Waals surface area contributed by atoms with Crippen LogP contribution in [0.5, 0.6) is 0 Å². The lowest BCUT2D eigenvalue weighted by Gasteiger charge is -2.37. The fourth-order valence-corrected chi connectivity index (χ4v) is 6.58. The number of hydrogen-bond donors (Lipinski definition) is 0. The molecule has 0 spiro atoms. The van der Waals surface area contributed by atoms with Crippen LogP contribution in [0.25, 0.3) is 0 Å². The Labute approximate surface area is 175 Å². The van der Waals surface area contributed by atoms with E-state index in [1.807, 2.05) is 0 Å². The number of epoxide rings is 3. The molecule has 164 valence electrons. The molecule has 3 heterocycles. The van der Waals surface area contributed by atoms with Gasteiger partial charge in [-0.3, -0.25) is 0 Å². The Hall–Kier alpha value is -0.200. The van der Waals surface area contributed by atoms with Crippen LogP contribution in [0.15, 0.2) is 0 Å². The van der Waals surface area contributed by atoms with Gasteiger partial charge >= 0.3 is 0 Å². The highest BCUT2D eigenvalue weighted by atomic mass is 16.7. The summed E-state index contributed by atoms with van der Waals surface area (Å²) in [4.78, 5) is 0. The Balaban J connectivity index is 1.09. The lowest BCUT2D eigenvalue weighted by Crippen LogP contribution is -2.40. The molecule has 3 aliphatic heterocycles. The van der Waals surface area contributed by atoms with Crippen molar-refractivity contribution in [2.75, 3.05) is 13.2 Å². The molecule has 3 aliphatic carbocycles. The van der Waals surface area contributed by atoms with E-state index in [2.05, 4.69) is 20.8 Å². The zero-order chi connectivity index (χ0) is 19.7. The monoisotopic (exact) mass is 406 g/mol. The molecule has 5 nitrogen and oxygen atoms in total. The van der Waals surface area contributed by atoms with E-state index in [1.165, 1.54) is 12.8 Å². The molecule has 0 bridgehead atoms. The molecule has 0 radical (unpaired) electrons. The third-order valence-corrected chi connectivity index (χ3v) is 9.09. The molecule has 29 heavy (non-hydrogen) atoms. The van der Waals surface area contributed by atoms with Crippen LogP contribution >= 0.6 is 0 Å². The van der Waals surface area contributed by atoms with Crippen LogP contribution in [0.4, 0.5) is 0 Å². The van der Waals surface area contributed by atoms with Crippen LogP contribution in [-0.4, -0.2) is 56.1 Å². The fourth-order valence-electron chi connectivity index (χ4n) is 6.58. The summed E-state index contributed by atoms with van der Waals surface area (Å²) in [6, 6.07) is 0. The predicted molar refractivity (Wildman–Crippen MR) is 107 cm³/mol. The first-order valence-corrected chi connectivity index (χ1v) is 12.2. The molecule has 3 saturated carbocycles. The van der Waals surface area contributed by atoms with Gasteiger partial charge in [-0.2, -0.15) is 0 Å². The largest absolute Gasteiger partial charge is 0.370 e. The molecule has 6 aliphatic rings. The molecule has 5 heteroatoms. The summed E-state index contributed by atoms with van der Waals surface area (Å²) in [6.07, 6.45) is 9.92. The molecule has 6 fully saturated rings. The van der Waals surface area contributed by atoms with Crippen LogP contribution in [0.1, 0.15) is 59.3 Å². The summed E-state index contributed by atoms with van der Waals surface area (Å²) < 4.78 is 30.6. The van der Waals surface area contributed by atoms with Crippen molar-refractivity contribution >= 4 is 0 Å². The number of fused-ring (bicyclic) bond motifs is 3.